The summed E-state index contributed by atoms with van der Waals surface area (Å²) in [6, 6.07) is 16.3. The number of phenolic OH excluding ortho intramolecular Hbond substituents is 1. The van der Waals surface area contributed by atoms with Gasteiger partial charge in [0.05, 0.1) is 10.2 Å². The highest BCUT2D eigenvalue weighted by atomic mass is 79.9. The first-order valence-electron chi connectivity index (χ1n) is 9.96. The van der Waals surface area contributed by atoms with Gasteiger partial charge in [0.15, 0.2) is 6.10 Å². The molecule has 0 aliphatic heterocycles. The largest absolute Gasteiger partial charge is 0.506 e. The number of anilines is 1. The number of rotatable bonds is 8. The molecule has 0 fully saturated rings. The van der Waals surface area contributed by atoms with Gasteiger partial charge in [-0.25, -0.2) is 9.59 Å². The second-order valence-electron chi connectivity index (χ2n) is 6.92. The molecule has 9 heteroatoms. The Balaban J connectivity index is 1.98. The topological polar surface area (TPSA) is 105 Å². The number of aromatic hydroxyl groups is 1. The summed E-state index contributed by atoms with van der Waals surface area (Å²) >= 11 is 6.64. The van der Waals surface area contributed by atoms with Crippen LogP contribution in [0.3, 0.4) is 0 Å². The molecule has 3 rings (SSSR count). The van der Waals surface area contributed by atoms with Crippen molar-refractivity contribution in [2.45, 2.75) is 19.1 Å². The van der Waals surface area contributed by atoms with Gasteiger partial charge in [-0.05, 0) is 52.5 Å². The summed E-state index contributed by atoms with van der Waals surface area (Å²) in [5, 5.41) is 24.2. The molecule has 0 aliphatic rings. The standard InChI is InChI=1S/C24H21Br2NO6/c1-2-32-20(10-11-21(28)29)23(17-12-15(25)13-18(26)22(17)30)33-24(31)27-19-9-5-7-14-6-3-4-8-16(14)19/h3-13,20,23,30H,2H2,1H3,(H,27,31)(H,28,29)/b11-10+/t20-,23-/m0/s1. The van der Waals surface area contributed by atoms with E-state index in [1.54, 1.807) is 25.1 Å². The normalized spacial score (nSPS) is 13.1. The third-order valence-electron chi connectivity index (χ3n) is 4.71. The van der Waals surface area contributed by atoms with E-state index < -0.39 is 24.3 Å². The molecule has 3 aromatic rings. The third-order valence-corrected chi connectivity index (χ3v) is 5.77. The molecular weight excluding hydrogens is 558 g/mol. The number of benzene rings is 3. The van der Waals surface area contributed by atoms with Gasteiger partial charge in [-0.3, -0.25) is 5.32 Å². The lowest BCUT2D eigenvalue weighted by Crippen LogP contribution is -2.28. The molecule has 172 valence electrons. The number of carboxylic acid groups (broad SMARTS) is 1. The summed E-state index contributed by atoms with van der Waals surface area (Å²) in [6.07, 6.45) is -0.736. The predicted octanol–water partition coefficient (Wildman–Crippen LogP) is 6.41. The number of hydrogen-bond donors (Lipinski definition) is 3. The molecule has 0 unspecified atom stereocenters. The Kier molecular flexibility index (Phi) is 8.49. The molecule has 0 bridgehead atoms. The van der Waals surface area contributed by atoms with Gasteiger partial charge in [0, 0.05) is 28.1 Å². The predicted molar refractivity (Wildman–Crippen MR) is 132 cm³/mol. The van der Waals surface area contributed by atoms with Crippen molar-refractivity contribution in [1.82, 2.24) is 0 Å². The summed E-state index contributed by atoms with van der Waals surface area (Å²) in [4.78, 5) is 24.0. The van der Waals surface area contributed by atoms with Crippen LogP contribution < -0.4 is 5.32 Å². The van der Waals surface area contributed by atoms with Gasteiger partial charge in [0.1, 0.15) is 11.9 Å². The van der Waals surface area contributed by atoms with Crippen LogP contribution in [0.2, 0.25) is 0 Å². The van der Waals surface area contributed by atoms with E-state index in [9.17, 15) is 14.7 Å². The fourth-order valence-corrected chi connectivity index (χ4v) is 4.57. The lowest BCUT2D eigenvalue weighted by atomic mass is 10.0. The van der Waals surface area contributed by atoms with E-state index >= 15 is 0 Å². The van der Waals surface area contributed by atoms with E-state index in [4.69, 9.17) is 14.6 Å². The minimum absolute atomic E-state index is 0.158. The highest BCUT2D eigenvalue weighted by Gasteiger charge is 2.30. The van der Waals surface area contributed by atoms with Gasteiger partial charge < -0.3 is 19.7 Å². The maximum atomic E-state index is 12.9. The van der Waals surface area contributed by atoms with Crippen molar-refractivity contribution >= 4 is 60.4 Å². The molecule has 0 saturated heterocycles. The highest BCUT2D eigenvalue weighted by Crippen LogP contribution is 2.39. The number of amides is 1. The van der Waals surface area contributed by atoms with Crippen LogP contribution in [0.15, 0.2) is 75.7 Å². The number of fused-ring (bicyclic) bond motifs is 1. The van der Waals surface area contributed by atoms with Crippen molar-refractivity contribution in [3.05, 3.63) is 81.3 Å². The number of hydrogen-bond acceptors (Lipinski definition) is 5. The minimum Gasteiger partial charge on any atom is -0.506 e. The second-order valence-corrected chi connectivity index (χ2v) is 8.69. The van der Waals surface area contributed by atoms with Crippen LogP contribution in [0, 0.1) is 0 Å². The number of aliphatic carboxylic acids is 1. The summed E-state index contributed by atoms with van der Waals surface area (Å²) in [7, 11) is 0. The van der Waals surface area contributed by atoms with Gasteiger partial charge >= 0.3 is 12.1 Å². The lowest BCUT2D eigenvalue weighted by Gasteiger charge is -2.26. The Bertz CT molecular complexity index is 1190. The molecule has 3 aromatic carbocycles. The van der Waals surface area contributed by atoms with Crippen molar-refractivity contribution in [3.63, 3.8) is 0 Å². The fourth-order valence-electron chi connectivity index (χ4n) is 3.31. The average Bonchev–Trinajstić information content (AvgIpc) is 2.78. The van der Waals surface area contributed by atoms with Crippen LogP contribution >= 0.6 is 31.9 Å². The van der Waals surface area contributed by atoms with Gasteiger partial charge in [-0.15, -0.1) is 0 Å². The SMILES string of the molecule is CCO[C@@H](/C=C/C(=O)O)[C@@H](OC(=O)Nc1cccc2ccccc12)c1cc(Br)cc(Br)c1O. The average molecular weight is 579 g/mol. The third kappa shape index (κ3) is 6.34. The summed E-state index contributed by atoms with van der Waals surface area (Å²) < 4.78 is 12.4. The molecule has 0 aliphatic carbocycles. The molecular formula is C24H21Br2NO6. The monoisotopic (exact) mass is 577 g/mol. The smallest absolute Gasteiger partial charge is 0.412 e. The number of ether oxygens (including phenoxy) is 2. The number of nitrogens with one attached hydrogen (secondary N) is 1. The molecule has 2 atom stereocenters. The van der Waals surface area contributed by atoms with Crippen molar-refractivity contribution in [1.29, 1.82) is 0 Å². The fraction of sp³-hybridized carbons (Fsp3) is 0.167. The van der Waals surface area contributed by atoms with E-state index in [0.717, 1.165) is 16.8 Å². The number of carboxylic acids is 1. The van der Waals surface area contributed by atoms with Crippen LogP contribution in [-0.4, -0.2) is 35.0 Å². The zero-order valence-corrected chi connectivity index (χ0v) is 20.7. The van der Waals surface area contributed by atoms with E-state index in [1.165, 1.54) is 6.08 Å². The van der Waals surface area contributed by atoms with Crippen molar-refractivity contribution in [3.8, 4) is 5.75 Å². The maximum Gasteiger partial charge on any atom is 0.412 e. The van der Waals surface area contributed by atoms with Gasteiger partial charge in [-0.1, -0.05) is 52.3 Å². The number of phenols is 1. The van der Waals surface area contributed by atoms with Crippen molar-refractivity contribution in [2.24, 2.45) is 0 Å². The first kappa shape index (κ1) is 24.8. The minimum atomic E-state index is -1.18. The van der Waals surface area contributed by atoms with Gasteiger partial charge in [-0.2, -0.15) is 0 Å². The van der Waals surface area contributed by atoms with Crippen LogP contribution in [0.25, 0.3) is 10.8 Å². The second kappa shape index (κ2) is 11.3. The lowest BCUT2D eigenvalue weighted by molar-refractivity contribution is -0.131. The van der Waals surface area contributed by atoms with Crippen LogP contribution in [-0.2, 0) is 14.3 Å². The van der Waals surface area contributed by atoms with Crippen LogP contribution in [0.1, 0.15) is 18.6 Å². The summed E-state index contributed by atoms with van der Waals surface area (Å²) in [5.74, 6) is -1.34. The van der Waals surface area contributed by atoms with E-state index in [2.05, 4.69) is 37.2 Å². The molecule has 0 aromatic heterocycles. The van der Waals surface area contributed by atoms with E-state index in [0.29, 0.717) is 14.6 Å². The number of carbonyl (C=O) groups excluding carboxylic acids is 1. The molecule has 0 heterocycles. The first-order valence-corrected chi connectivity index (χ1v) is 11.5. The highest BCUT2D eigenvalue weighted by molar-refractivity contribution is 9.11. The zero-order valence-electron chi connectivity index (χ0n) is 17.5. The Morgan fingerprint density at radius 3 is 2.58 bits per heavy atom. The van der Waals surface area contributed by atoms with E-state index in [1.807, 2.05) is 36.4 Å². The Hall–Kier alpha value is -2.88. The Morgan fingerprint density at radius 1 is 1.12 bits per heavy atom. The molecule has 1 amide bonds. The zero-order chi connectivity index (χ0) is 24.0. The summed E-state index contributed by atoms with van der Waals surface area (Å²) in [5.41, 5.74) is 0.781. The summed E-state index contributed by atoms with van der Waals surface area (Å²) in [6.45, 7) is 1.95. The number of halogens is 2. The Morgan fingerprint density at radius 2 is 1.85 bits per heavy atom. The number of carbonyl (C=O) groups is 2. The molecule has 7 nitrogen and oxygen atoms in total. The van der Waals surface area contributed by atoms with Gasteiger partial charge in [0.25, 0.3) is 0 Å². The molecule has 33 heavy (non-hydrogen) atoms. The Labute approximate surface area is 207 Å². The maximum absolute atomic E-state index is 12.9. The van der Waals surface area contributed by atoms with Crippen molar-refractivity contribution < 1.29 is 29.3 Å². The van der Waals surface area contributed by atoms with Gasteiger partial charge in [0.2, 0.25) is 0 Å². The van der Waals surface area contributed by atoms with Crippen LogP contribution in [0.5, 0.6) is 5.75 Å². The molecule has 0 saturated carbocycles. The first-order chi connectivity index (χ1) is 15.8. The van der Waals surface area contributed by atoms with E-state index in [-0.39, 0.29) is 17.9 Å². The quantitative estimate of drug-likeness (QED) is 0.267. The van der Waals surface area contributed by atoms with Crippen molar-refractivity contribution in [2.75, 3.05) is 11.9 Å². The molecule has 0 radical (unpaired) electrons. The van der Waals surface area contributed by atoms with Crippen LogP contribution in [0.4, 0.5) is 10.5 Å². The molecule has 0 spiro atoms. The molecule has 3 N–H and O–H groups in total.